The number of rotatable bonds is 4. The van der Waals surface area contributed by atoms with Crippen molar-refractivity contribution < 1.29 is 4.79 Å². The highest BCUT2D eigenvalue weighted by Crippen LogP contribution is 2.35. The van der Waals surface area contributed by atoms with Crippen LogP contribution < -0.4 is 10.6 Å². The topological polar surface area (TPSA) is 41.1 Å². The molecule has 0 radical (unpaired) electrons. The van der Waals surface area contributed by atoms with Gasteiger partial charge >= 0.3 is 0 Å². The van der Waals surface area contributed by atoms with Crippen LogP contribution in [0.15, 0.2) is 0 Å². The molecule has 1 atom stereocenters. The van der Waals surface area contributed by atoms with Crippen molar-refractivity contribution in [2.24, 2.45) is 11.3 Å². The maximum atomic E-state index is 11.4. The third kappa shape index (κ3) is 2.98. The van der Waals surface area contributed by atoms with Gasteiger partial charge in [-0.15, -0.1) is 0 Å². The largest absolute Gasteiger partial charge is 0.356 e. The molecule has 1 saturated heterocycles. The molecule has 0 saturated carbocycles. The van der Waals surface area contributed by atoms with Gasteiger partial charge in [0.2, 0.25) is 5.91 Å². The van der Waals surface area contributed by atoms with E-state index >= 15 is 0 Å². The highest BCUT2D eigenvalue weighted by atomic mass is 16.1. The Morgan fingerprint density at radius 2 is 2.29 bits per heavy atom. The van der Waals surface area contributed by atoms with E-state index in [0.717, 1.165) is 25.9 Å². The molecule has 0 bridgehead atoms. The summed E-state index contributed by atoms with van der Waals surface area (Å²) < 4.78 is 0. The minimum Gasteiger partial charge on any atom is -0.356 e. The van der Waals surface area contributed by atoms with Gasteiger partial charge in [0, 0.05) is 19.5 Å². The lowest BCUT2D eigenvalue weighted by Gasteiger charge is -2.38. The van der Waals surface area contributed by atoms with Crippen molar-refractivity contribution >= 4 is 5.91 Å². The molecular formula is C11H22N2O. The molecule has 3 nitrogen and oxygen atoms in total. The van der Waals surface area contributed by atoms with Crippen molar-refractivity contribution in [2.45, 2.75) is 33.1 Å². The Kier molecular flexibility index (Phi) is 3.93. The van der Waals surface area contributed by atoms with E-state index in [4.69, 9.17) is 0 Å². The summed E-state index contributed by atoms with van der Waals surface area (Å²) in [6.07, 6.45) is 2.94. The first-order valence-corrected chi connectivity index (χ1v) is 5.49. The van der Waals surface area contributed by atoms with Gasteiger partial charge in [-0.1, -0.05) is 13.8 Å². The van der Waals surface area contributed by atoms with Crippen molar-refractivity contribution in [3.63, 3.8) is 0 Å². The highest BCUT2D eigenvalue weighted by molar-refractivity contribution is 5.77. The maximum Gasteiger partial charge on any atom is 0.220 e. The number of carbonyl (C=O) groups is 1. The van der Waals surface area contributed by atoms with Gasteiger partial charge < -0.3 is 10.6 Å². The summed E-state index contributed by atoms with van der Waals surface area (Å²) in [5, 5.41) is 6.13. The zero-order valence-electron chi connectivity index (χ0n) is 9.52. The van der Waals surface area contributed by atoms with Crippen LogP contribution in [0, 0.1) is 11.3 Å². The molecule has 14 heavy (non-hydrogen) atoms. The Hall–Kier alpha value is -0.570. The summed E-state index contributed by atoms with van der Waals surface area (Å²) in [5.41, 5.74) is 0.200. The summed E-state index contributed by atoms with van der Waals surface area (Å²) in [7, 11) is 1.97. The fraction of sp³-hybridized carbons (Fsp3) is 0.909. The quantitative estimate of drug-likeness (QED) is 0.711. The number of amides is 1. The predicted octanol–water partition coefficient (Wildman–Crippen LogP) is 1.15. The number of nitrogens with one attached hydrogen (secondary N) is 2. The van der Waals surface area contributed by atoms with Crippen LogP contribution in [0.5, 0.6) is 0 Å². The van der Waals surface area contributed by atoms with Crippen molar-refractivity contribution in [1.29, 1.82) is 0 Å². The molecule has 1 unspecified atom stereocenters. The lowest BCUT2D eigenvalue weighted by molar-refractivity contribution is -0.126. The first-order valence-electron chi connectivity index (χ1n) is 5.49. The molecule has 1 rings (SSSR count). The van der Waals surface area contributed by atoms with Crippen LogP contribution in [0.1, 0.15) is 33.1 Å². The molecule has 0 aromatic heterocycles. The Labute approximate surface area is 86.6 Å². The zero-order valence-corrected chi connectivity index (χ0v) is 9.52. The van der Waals surface area contributed by atoms with Gasteiger partial charge in [0.1, 0.15) is 0 Å². The maximum absolute atomic E-state index is 11.4. The molecule has 3 heteroatoms. The fourth-order valence-corrected chi connectivity index (χ4v) is 2.60. The van der Waals surface area contributed by atoms with Crippen molar-refractivity contribution in [1.82, 2.24) is 10.6 Å². The SMILES string of the molecule is CNCC1(CC(C)C)CCNC(=O)C1. The molecule has 1 fully saturated rings. The molecular weight excluding hydrogens is 176 g/mol. The normalized spacial score (nSPS) is 27.9. The van der Waals surface area contributed by atoms with Crippen LogP contribution in [0.2, 0.25) is 0 Å². The molecule has 0 aromatic rings. The molecule has 0 spiro atoms. The van der Waals surface area contributed by atoms with E-state index in [2.05, 4.69) is 24.5 Å². The summed E-state index contributed by atoms with van der Waals surface area (Å²) in [5.74, 6) is 0.876. The zero-order chi connectivity index (χ0) is 10.6. The van der Waals surface area contributed by atoms with E-state index in [-0.39, 0.29) is 11.3 Å². The Morgan fingerprint density at radius 1 is 1.57 bits per heavy atom. The molecule has 0 aliphatic carbocycles. The fourth-order valence-electron chi connectivity index (χ4n) is 2.60. The third-order valence-corrected chi connectivity index (χ3v) is 2.91. The highest BCUT2D eigenvalue weighted by Gasteiger charge is 2.35. The van der Waals surface area contributed by atoms with Crippen molar-refractivity contribution in [2.75, 3.05) is 20.1 Å². The number of hydrogen-bond donors (Lipinski definition) is 2. The molecule has 1 amide bonds. The predicted molar refractivity (Wildman–Crippen MR) is 58.1 cm³/mol. The Balaban J connectivity index is 2.64. The lowest BCUT2D eigenvalue weighted by atomic mass is 9.73. The smallest absolute Gasteiger partial charge is 0.220 e. The Morgan fingerprint density at radius 3 is 2.79 bits per heavy atom. The van der Waals surface area contributed by atoms with E-state index in [1.165, 1.54) is 0 Å². The van der Waals surface area contributed by atoms with E-state index in [9.17, 15) is 4.79 Å². The van der Waals surface area contributed by atoms with E-state index < -0.39 is 0 Å². The van der Waals surface area contributed by atoms with Crippen LogP contribution in [-0.2, 0) is 4.79 Å². The number of piperidine rings is 1. The molecule has 1 heterocycles. The molecule has 2 N–H and O–H groups in total. The summed E-state index contributed by atoms with van der Waals surface area (Å²) in [4.78, 5) is 11.4. The van der Waals surface area contributed by atoms with Gasteiger partial charge in [-0.2, -0.15) is 0 Å². The molecule has 82 valence electrons. The molecule has 1 aliphatic heterocycles. The van der Waals surface area contributed by atoms with Crippen LogP contribution in [0.4, 0.5) is 0 Å². The summed E-state index contributed by atoms with van der Waals surface area (Å²) >= 11 is 0. The van der Waals surface area contributed by atoms with Gasteiger partial charge in [0.05, 0.1) is 0 Å². The minimum atomic E-state index is 0.200. The second-order valence-electron chi connectivity index (χ2n) is 4.91. The molecule has 0 aromatic carbocycles. The Bertz CT molecular complexity index is 199. The lowest BCUT2D eigenvalue weighted by Crippen LogP contribution is -2.46. The van der Waals surface area contributed by atoms with E-state index in [1.807, 2.05) is 7.05 Å². The van der Waals surface area contributed by atoms with Gasteiger partial charge in [0.15, 0.2) is 0 Å². The van der Waals surface area contributed by atoms with Gasteiger partial charge in [0.25, 0.3) is 0 Å². The first kappa shape index (κ1) is 11.5. The number of carbonyl (C=O) groups excluding carboxylic acids is 1. The van der Waals surface area contributed by atoms with Crippen LogP contribution >= 0.6 is 0 Å². The standard InChI is InChI=1S/C11H22N2O/c1-9(2)6-11(8-12-3)4-5-13-10(14)7-11/h9,12H,4-8H2,1-3H3,(H,13,14). The van der Waals surface area contributed by atoms with Crippen LogP contribution in [0.25, 0.3) is 0 Å². The molecule has 1 aliphatic rings. The monoisotopic (exact) mass is 198 g/mol. The second-order valence-corrected chi connectivity index (χ2v) is 4.91. The average molecular weight is 198 g/mol. The first-order chi connectivity index (χ1) is 6.58. The van der Waals surface area contributed by atoms with Crippen molar-refractivity contribution in [3.8, 4) is 0 Å². The van der Waals surface area contributed by atoms with Gasteiger partial charge in [-0.25, -0.2) is 0 Å². The van der Waals surface area contributed by atoms with Gasteiger partial charge in [-0.3, -0.25) is 4.79 Å². The third-order valence-electron chi connectivity index (χ3n) is 2.91. The van der Waals surface area contributed by atoms with Crippen LogP contribution in [-0.4, -0.2) is 26.0 Å². The summed E-state index contributed by atoms with van der Waals surface area (Å²) in [6, 6.07) is 0. The van der Waals surface area contributed by atoms with Crippen LogP contribution in [0.3, 0.4) is 0 Å². The van der Waals surface area contributed by atoms with Crippen molar-refractivity contribution in [3.05, 3.63) is 0 Å². The minimum absolute atomic E-state index is 0.200. The number of hydrogen-bond acceptors (Lipinski definition) is 2. The van der Waals surface area contributed by atoms with E-state index in [1.54, 1.807) is 0 Å². The summed E-state index contributed by atoms with van der Waals surface area (Å²) in [6.45, 7) is 6.25. The van der Waals surface area contributed by atoms with Gasteiger partial charge in [-0.05, 0) is 31.2 Å². The average Bonchev–Trinajstić information content (AvgIpc) is 2.02. The second kappa shape index (κ2) is 4.78. The van der Waals surface area contributed by atoms with E-state index in [0.29, 0.717) is 12.3 Å².